The van der Waals surface area contributed by atoms with Crippen molar-refractivity contribution in [3.63, 3.8) is 0 Å². The lowest BCUT2D eigenvalue weighted by Gasteiger charge is -2.32. The zero-order chi connectivity index (χ0) is 8.39. The molecule has 0 aromatic heterocycles. The fraction of sp³-hybridized carbons (Fsp3) is 1.00. The highest BCUT2D eigenvalue weighted by atomic mass is 15.2. The third-order valence-electron chi connectivity index (χ3n) is 3.39. The van der Waals surface area contributed by atoms with Crippen LogP contribution in [0.3, 0.4) is 0 Å². The minimum Gasteiger partial charge on any atom is -0.312 e. The number of likely N-dealkylation sites (tertiary alicyclic amines) is 1. The summed E-state index contributed by atoms with van der Waals surface area (Å²) in [5.41, 5.74) is 0. The molecule has 0 unspecified atom stereocenters. The Balaban J connectivity index is 1.89. The van der Waals surface area contributed by atoms with E-state index in [0.29, 0.717) is 0 Å². The van der Waals surface area contributed by atoms with Crippen LogP contribution < -0.4 is 5.32 Å². The summed E-state index contributed by atoms with van der Waals surface area (Å²) >= 11 is 0. The Morgan fingerprint density at radius 3 is 2.67 bits per heavy atom. The van der Waals surface area contributed by atoms with Crippen LogP contribution in [-0.2, 0) is 0 Å². The maximum atomic E-state index is 3.65. The Morgan fingerprint density at radius 1 is 1.17 bits per heavy atom. The molecule has 2 rings (SSSR count). The molecule has 0 spiro atoms. The fourth-order valence-electron chi connectivity index (χ4n) is 2.65. The Morgan fingerprint density at radius 2 is 2.08 bits per heavy atom. The summed E-state index contributed by atoms with van der Waals surface area (Å²) in [6.45, 7) is 2.55. The van der Waals surface area contributed by atoms with E-state index in [0.717, 1.165) is 12.1 Å². The number of hydrogen-bond donors (Lipinski definition) is 1. The van der Waals surface area contributed by atoms with E-state index in [1.807, 2.05) is 0 Å². The molecule has 0 radical (unpaired) electrons. The van der Waals surface area contributed by atoms with Gasteiger partial charge in [0.15, 0.2) is 0 Å². The summed E-state index contributed by atoms with van der Waals surface area (Å²) in [7, 11) is 2.27. The first-order valence-corrected chi connectivity index (χ1v) is 5.31. The van der Waals surface area contributed by atoms with Crippen molar-refractivity contribution in [2.45, 2.75) is 44.2 Å². The second kappa shape index (κ2) is 3.75. The van der Waals surface area contributed by atoms with Gasteiger partial charge in [0.05, 0.1) is 0 Å². The topological polar surface area (TPSA) is 15.3 Å². The molecular formula is C10H20N2. The minimum absolute atomic E-state index is 0.797. The van der Waals surface area contributed by atoms with Crippen molar-refractivity contribution < 1.29 is 0 Å². The van der Waals surface area contributed by atoms with E-state index in [4.69, 9.17) is 0 Å². The molecule has 0 aromatic rings. The predicted octanol–water partition coefficient (Wildman–Crippen LogP) is 1.22. The molecule has 0 aromatic carbocycles. The van der Waals surface area contributed by atoms with Gasteiger partial charge < -0.3 is 10.2 Å². The van der Waals surface area contributed by atoms with Crippen molar-refractivity contribution >= 4 is 0 Å². The molecule has 0 aliphatic carbocycles. The van der Waals surface area contributed by atoms with Gasteiger partial charge in [0.1, 0.15) is 0 Å². The van der Waals surface area contributed by atoms with Gasteiger partial charge in [0.2, 0.25) is 0 Å². The van der Waals surface area contributed by atoms with E-state index >= 15 is 0 Å². The lowest BCUT2D eigenvalue weighted by Crippen LogP contribution is -2.47. The molecule has 2 nitrogen and oxygen atoms in total. The third kappa shape index (κ3) is 1.64. The van der Waals surface area contributed by atoms with Crippen LogP contribution in [0, 0.1) is 0 Å². The van der Waals surface area contributed by atoms with Crippen molar-refractivity contribution in [2.75, 3.05) is 20.1 Å². The molecule has 0 bridgehead atoms. The Bertz CT molecular complexity index is 141. The Hall–Kier alpha value is -0.0800. The largest absolute Gasteiger partial charge is 0.312 e. The van der Waals surface area contributed by atoms with Crippen LogP contribution >= 0.6 is 0 Å². The van der Waals surface area contributed by atoms with Crippen LogP contribution in [0.4, 0.5) is 0 Å². The normalized spacial score (nSPS) is 38.8. The molecule has 70 valence electrons. The number of hydrogen-bond acceptors (Lipinski definition) is 2. The van der Waals surface area contributed by atoms with E-state index in [9.17, 15) is 0 Å². The summed E-state index contributed by atoms with van der Waals surface area (Å²) in [6, 6.07) is 1.64. The monoisotopic (exact) mass is 168 g/mol. The second-order valence-corrected chi connectivity index (χ2v) is 4.25. The van der Waals surface area contributed by atoms with Gasteiger partial charge in [-0.25, -0.2) is 0 Å². The number of rotatable bonds is 1. The molecule has 2 fully saturated rings. The molecular weight excluding hydrogens is 148 g/mol. The second-order valence-electron chi connectivity index (χ2n) is 4.25. The lowest BCUT2D eigenvalue weighted by atomic mass is 9.96. The van der Waals surface area contributed by atoms with Gasteiger partial charge in [-0.2, -0.15) is 0 Å². The predicted molar refractivity (Wildman–Crippen MR) is 51.3 cm³/mol. The third-order valence-corrected chi connectivity index (χ3v) is 3.39. The van der Waals surface area contributed by atoms with E-state index < -0.39 is 0 Å². The van der Waals surface area contributed by atoms with Crippen molar-refractivity contribution in [3.8, 4) is 0 Å². The molecule has 12 heavy (non-hydrogen) atoms. The van der Waals surface area contributed by atoms with Crippen molar-refractivity contribution in [1.82, 2.24) is 10.2 Å². The summed E-state index contributed by atoms with van der Waals surface area (Å²) < 4.78 is 0. The van der Waals surface area contributed by atoms with Crippen LogP contribution in [0.2, 0.25) is 0 Å². The molecule has 2 heterocycles. The average Bonchev–Trinajstić information content (AvgIpc) is 2.53. The van der Waals surface area contributed by atoms with Crippen molar-refractivity contribution in [1.29, 1.82) is 0 Å². The van der Waals surface area contributed by atoms with Gasteiger partial charge in [-0.1, -0.05) is 6.42 Å². The number of nitrogens with zero attached hydrogens (tertiary/aromatic N) is 1. The molecule has 2 aliphatic heterocycles. The van der Waals surface area contributed by atoms with Gasteiger partial charge in [-0.15, -0.1) is 0 Å². The number of likely N-dealkylation sites (N-methyl/N-ethyl adjacent to an activating group) is 1. The van der Waals surface area contributed by atoms with Crippen LogP contribution in [0.5, 0.6) is 0 Å². The molecule has 1 N–H and O–H groups in total. The van der Waals surface area contributed by atoms with Gasteiger partial charge in [0, 0.05) is 12.1 Å². The van der Waals surface area contributed by atoms with E-state index in [-0.39, 0.29) is 0 Å². The summed E-state index contributed by atoms with van der Waals surface area (Å²) in [5.74, 6) is 0. The lowest BCUT2D eigenvalue weighted by molar-refractivity contribution is 0.218. The first-order valence-electron chi connectivity index (χ1n) is 5.31. The quantitative estimate of drug-likeness (QED) is 0.633. The highest BCUT2D eigenvalue weighted by Gasteiger charge is 2.29. The maximum absolute atomic E-state index is 3.65. The number of piperidine rings is 1. The van der Waals surface area contributed by atoms with Crippen LogP contribution in [0.15, 0.2) is 0 Å². The van der Waals surface area contributed by atoms with E-state index in [2.05, 4.69) is 17.3 Å². The Kier molecular flexibility index (Phi) is 2.66. The average molecular weight is 168 g/mol. The SMILES string of the molecule is CN1CCC[C@@H]1[C@@H]1CCCCN1. The highest BCUT2D eigenvalue weighted by Crippen LogP contribution is 2.22. The van der Waals surface area contributed by atoms with Crippen molar-refractivity contribution in [2.24, 2.45) is 0 Å². The standard InChI is InChI=1S/C10H20N2/c1-12-8-4-6-10(12)9-5-2-3-7-11-9/h9-11H,2-8H2,1H3/t9-,10+/m0/s1. The molecule has 0 amide bonds. The fourth-order valence-corrected chi connectivity index (χ4v) is 2.65. The van der Waals surface area contributed by atoms with Crippen LogP contribution in [0.1, 0.15) is 32.1 Å². The minimum atomic E-state index is 0.797. The van der Waals surface area contributed by atoms with Crippen molar-refractivity contribution in [3.05, 3.63) is 0 Å². The van der Waals surface area contributed by atoms with Gasteiger partial charge >= 0.3 is 0 Å². The Labute approximate surface area is 75.3 Å². The van der Waals surface area contributed by atoms with Crippen LogP contribution in [-0.4, -0.2) is 37.1 Å². The number of nitrogens with one attached hydrogen (secondary N) is 1. The summed E-state index contributed by atoms with van der Waals surface area (Å²) in [6.07, 6.45) is 7.03. The first-order chi connectivity index (χ1) is 5.88. The smallest absolute Gasteiger partial charge is 0.0246 e. The van der Waals surface area contributed by atoms with Gasteiger partial charge in [-0.05, 0) is 45.8 Å². The van der Waals surface area contributed by atoms with E-state index in [1.165, 1.54) is 45.2 Å². The zero-order valence-corrected chi connectivity index (χ0v) is 8.05. The van der Waals surface area contributed by atoms with Gasteiger partial charge in [0.25, 0.3) is 0 Å². The van der Waals surface area contributed by atoms with E-state index in [1.54, 1.807) is 0 Å². The molecule has 0 saturated carbocycles. The summed E-state index contributed by atoms with van der Waals surface area (Å²) in [5, 5.41) is 3.65. The molecule has 2 heteroatoms. The maximum Gasteiger partial charge on any atom is 0.0246 e. The first kappa shape index (κ1) is 8.52. The summed E-state index contributed by atoms with van der Waals surface area (Å²) in [4.78, 5) is 2.53. The molecule has 2 aliphatic rings. The van der Waals surface area contributed by atoms with Gasteiger partial charge in [-0.3, -0.25) is 0 Å². The van der Waals surface area contributed by atoms with Crippen LogP contribution in [0.25, 0.3) is 0 Å². The zero-order valence-electron chi connectivity index (χ0n) is 8.05. The highest BCUT2D eigenvalue weighted by molar-refractivity contribution is 4.89. The molecule has 2 atom stereocenters. The molecule has 2 saturated heterocycles.